The van der Waals surface area contributed by atoms with Crippen LogP contribution in [0.15, 0.2) is 54.6 Å². The molecule has 8 heteroatoms. The molecule has 0 aliphatic carbocycles. The number of nitrogens with one attached hydrogen (secondary N) is 2. The first-order chi connectivity index (χ1) is 11.4. The number of rotatable bonds is 4. The molecule has 0 saturated heterocycles. The van der Waals surface area contributed by atoms with Crippen molar-refractivity contribution in [3.63, 3.8) is 0 Å². The number of carbonyl (C=O) groups excluding carboxylic acids is 1. The fourth-order valence-corrected chi connectivity index (χ4v) is 1.98. The molecule has 0 aromatic heterocycles. The lowest BCUT2D eigenvalue weighted by atomic mass is 10.2. The quantitative estimate of drug-likeness (QED) is 0.385. The van der Waals surface area contributed by atoms with Gasteiger partial charge in [0.1, 0.15) is 5.82 Å². The summed E-state index contributed by atoms with van der Waals surface area (Å²) >= 11 is 4.96. The number of non-ortho nitro benzene ring substituents is 1. The number of halogens is 1. The zero-order valence-corrected chi connectivity index (χ0v) is 13.0. The number of benzene rings is 2. The molecule has 2 rings (SSSR count). The zero-order valence-electron chi connectivity index (χ0n) is 12.2. The van der Waals surface area contributed by atoms with E-state index in [1.54, 1.807) is 6.07 Å². The number of carbonyl (C=O) groups is 1. The molecule has 24 heavy (non-hydrogen) atoms. The van der Waals surface area contributed by atoms with Gasteiger partial charge in [-0.2, -0.15) is 0 Å². The number of anilines is 1. The molecule has 0 bridgehead atoms. The van der Waals surface area contributed by atoms with Gasteiger partial charge >= 0.3 is 0 Å². The van der Waals surface area contributed by atoms with E-state index in [-0.39, 0.29) is 10.8 Å². The Morgan fingerprint density at radius 2 is 1.92 bits per heavy atom. The highest BCUT2D eigenvalue weighted by Gasteiger charge is 2.04. The minimum atomic E-state index is -0.503. The van der Waals surface area contributed by atoms with Gasteiger partial charge in [-0.25, -0.2) is 4.39 Å². The van der Waals surface area contributed by atoms with Crippen LogP contribution in [0.25, 0.3) is 6.08 Å². The van der Waals surface area contributed by atoms with Crippen LogP contribution in [0.5, 0.6) is 0 Å². The predicted octanol–water partition coefficient (Wildman–Crippen LogP) is 3.26. The van der Waals surface area contributed by atoms with Gasteiger partial charge < -0.3 is 5.32 Å². The summed E-state index contributed by atoms with van der Waals surface area (Å²) in [6.07, 6.45) is 2.73. The molecule has 6 nitrogen and oxygen atoms in total. The number of nitro groups is 1. The number of amides is 1. The summed E-state index contributed by atoms with van der Waals surface area (Å²) in [5, 5.41) is 15.7. The smallest absolute Gasteiger partial charge is 0.269 e. The lowest BCUT2D eigenvalue weighted by Gasteiger charge is -2.07. The van der Waals surface area contributed by atoms with Crippen molar-refractivity contribution in [3.05, 3.63) is 76.1 Å². The number of nitrogens with zero attached hydrogens (tertiary/aromatic N) is 1. The molecule has 0 heterocycles. The second-order valence-corrected chi connectivity index (χ2v) is 5.04. The Labute approximate surface area is 142 Å². The van der Waals surface area contributed by atoms with Crippen molar-refractivity contribution in [2.45, 2.75) is 0 Å². The van der Waals surface area contributed by atoms with E-state index >= 15 is 0 Å². The van der Waals surface area contributed by atoms with Crippen LogP contribution in [0.2, 0.25) is 0 Å². The van der Waals surface area contributed by atoms with E-state index < -0.39 is 16.6 Å². The predicted molar refractivity (Wildman–Crippen MR) is 92.9 cm³/mol. The summed E-state index contributed by atoms with van der Waals surface area (Å²) in [5.74, 6) is -0.908. The van der Waals surface area contributed by atoms with Crippen LogP contribution >= 0.6 is 12.2 Å². The molecule has 2 aromatic carbocycles. The highest BCUT2D eigenvalue weighted by molar-refractivity contribution is 7.80. The highest BCUT2D eigenvalue weighted by Crippen LogP contribution is 2.12. The van der Waals surface area contributed by atoms with Crippen molar-refractivity contribution >= 4 is 40.7 Å². The van der Waals surface area contributed by atoms with Crippen LogP contribution < -0.4 is 10.6 Å². The van der Waals surface area contributed by atoms with E-state index in [4.69, 9.17) is 12.2 Å². The summed E-state index contributed by atoms with van der Waals surface area (Å²) in [4.78, 5) is 21.8. The largest absolute Gasteiger partial charge is 0.332 e. The average molecular weight is 345 g/mol. The van der Waals surface area contributed by atoms with Gasteiger partial charge in [-0.1, -0.05) is 6.07 Å². The monoisotopic (exact) mass is 345 g/mol. The van der Waals surface area contributed by atoms with Crippen molar-refractivity contribution in [3.8, 4) is 0 Å². The Morgan fingerprint density at radius 3 is 2.54 bits per heavy atom. The maximum atomic E-state index is 13.0. The maximum Gasteiger partial charge on any atom is 0.269 e. The first-order valence-electron chi connectivity index (χ1n) is 6.74. The fraction of sp³-hybridized carbons (Fsp3) is 0. The molecular formula is C16H12FN3O3S. The van der Waals surface area contributed by atoms with Crippen LogP contribution in [0.4, 0.5) is 15.8 Å². The van der Waals surface area contributed by atoms with Crippen LogP contribution in [0, 0.1) is 15.9 Å². The summed E-state index contributed by atoms with van der Waals surface area (Å²) < 4.78 is 13.0. The van der Waals surface area contributed by atoms with Gasteiger partial charge in [0.15, 0.2) is 5.11 Å². The lowest BCUT2D eigenvalue weighted by Crippen LogP contribution is -2.32. The van der Waals surface area contributed by atoms with Crippen LogP contribution in [-0.2, 0) is 4.79 Å². The Bertz CT molecular complexity index is 806. The van der Waals surface area contributed by atoms with Crippen molar-refractivity contribution in [2.75, 3.05) is 5.32 Å². The van der Waals surface area contributed by atoms with Gasteiger partial charge in [-0.05, 0) is 54.2 Å². The molecule has 122 valence electrons. The van der Waals surface area contributed by atoms with E-state index in [0.29, 0.717) is 11.3 Å². The molecule has 0 radical (unpaired) electrons. The van der Waals surface area contributed by atoms with Crippen LogP contribution in [-0.4, -0.2) is 15.9 Å². The van der Waals surface area contributed by atoms with Crippen molar-refractivity contribution in [1.82, 2.24) is 5.32 Å². The van der Waals surface area contributed by atoms with Crippen LogP contribution in [0.3, 0.4) is 0 Å². The molecule has 0 fully saturated rings. The standard InChI is InChI=1S/C16H12FN3O3S/c17-12-2-1-3-13(10-12)18-16(24)19-15(21)9-6-11-4-7-14(8-5-11)20(22)23/h1-10H,(H2,18,19,21,24)/b9-6+. The van der Waals surface area contributed by atoms with Gasteiger partial charge in [0, 0.05) is 23.9 Å². The van der Waals surface area contributed by atoms with Gasteiger partial charge in [0.2, 0.25) is 5.91 Å². The molecular weight excluding hydrogens is 333 g/mol. The first-order valence-corrected chi connectivity index (χ1v) is 7.15. The fourth-order valence-electron chi connectivity index (χ4n) is 1.76. The van der Waals surface area contributed by atoms with Gasteiger partial charge in [-0.15, -0.1) is 0 Å². The summed E-state index contributed by atoms with van der Waals surface area (Å²) in [6.45, 7) is 0. The molecule has 0 unspecified atom stereocenters. The van der Waals surface area contributed by atoms with Gasteiger partial charge in [0.25, 0.3) is 5.69 Å². The maximum absolute atomic E-state index is 13.0. The van der Waals surface area contributed by atoms with E-state index in [9.17, 15) is 19.3 Å². The van der Waals surface area contributed by atoms with Crippen molar-refractivity contribution in [1.29, 1.82) is 0 Å². The molecule has 0 spiro atoms. The van der Waals surface area contributed by atoms with Gasteiger partial charge in [-0.3, -0.25) is 20.2 Å². The third kappa shape index (κ3) is 5.25. The van der Waals surface area contributed by atoms with E-state index in [1.165, 1.54) is 54.6 Å². The number of hydrogen-bond acceptors (Lipinski definition) is 4. The number of nitro benzene ring substituents is 1. The SMILES string of the molecule is O=C(/C=C/c1ccc([N+](=O)[O-])cc1)NC(=S)Nc1cccc(F)c1. The van der Waals surface area contributed by atoms with E-state index in [0.717, 1.165) is 0 Å². The molecule has 2 N–H and O–H groups in total. The second kappa shape index (κ2) is 7.93. The average Bonchev–Trinajstić information content (AvgIpc) is 2.53. The van der Waals surface area contributed by atoms with E-state index in [1.807, 2.05) is 0 Å². The Hall–Kier alpha value is -3.13. The highest BCUT2D eigenvalue weighted by atomic mass is 32.1. The minimum Gasteiger partial charge on any atom is -0.332 e. The third-order valence-corrected chi connectivity index (χ3v) is 3.05. The molecule has 0 aliphatic rings. The second-order valence-electron chi connectivity index (χ2n) is 4.64. The molecule has 0 aliphatic heterocycles. The van der Waals surface area contributed by atoms with E-state index in [2.05, 4.69) is 10.6 Å². The first kappa shape index (κ1) is 17.2. The zero-order chi connectivity index (χ0) is 17.5. The summed E-state index contributed by atoms with van der Waals surface area (Å²) in [6, 6.07) is 11.4. The molecule has 2 aromatic rings. The minimum absolute atomic E-state index is 0.0268. The third-order valence-electron chi connectivity index (χ3n) is 2.85. The lowest BCUT2D eigenvalue weighted by molar-refractivity contribution is -0.384. The summed E-state index contributed by atoms with van der Waals surface area (Å²) in [7, 11) is 0. The van der Waals surface area contributed by atoms with Crippen molar-refractivity contribution in [2.24, 2.45) is 0 Å². The normalized spacial score (nSPS) is 10.4. The number of thiocarbonyl (C=S) groups is 1. The Balaban J connectivity index is 1.90. The molecule has 0 saturated carbocycles. The van der Waals surface area contributed by atoms with Crippen molar-refractivity contribution < 1.29 is 14.1 Å². The molecule has 1 amide bonds. The Morgan fingerprint density at radius 1 is 1.21 bits per heavy atom. The summed E-state index contributed by atoms with van der Waals surface area (Å²) in [5.41, 5.74) is 1.01. The van der Waals surface area contributed by atoms with Gasteiger partial charge in [0.05, 0.1) is 4.92 Å². The number of hydrogen-bond donors (Lipinski definition) is 2. The van der Waals surface area contributed by atoms with Crippen LogP contribution in [0.1, 0.15) is 5.56 Å². The molecule has 0 atom stereocenters. The topological polar surface area (TPSA) is 84.3 Å². The Kier molecular flexibility index (Phi) is 5.69.